The zero-order chi connectivity index (χ0) is 14.6. The molecule has 2 rings (SSSR count). The number of likely N-dealkylation sites (tertiary alicyclic amines) is 1. The maximum atomic E-state index is 12.2. The van der Waals surface area contributed by atoms with Gasteiger partial charge >= 0.3 is 0 Å². The molecule has 0 atom stereocenters. The molecule has 1 N–H and O–H groups in total. The molecular weight excluding hydrogens is 252 g/mol. The van der Waals surface area contributed by atoms with Crippen LogP contribution in [0.3, 0.4) is 0 Å². The standard InChI is InChI=1S/C15H16N4O/c1-19-8-6-15(11-17,7-9-19)18-14(20)13-4-2-12(10-16)3-5-13/h2-5H,6-9H2,1H3,(H,18,20). The number of piperidine rings is 1. The number of nitrogens with one attached hydrogen (secondary N) is 1. The number of nitrogens with zero attached hydrogens (tertiary/aromatic N) is 3. The molecule has 5 heteroatoms. The van der Waals surface area contributed by atoms with E-state index in [4.69, 9.17) is 5.26 Å². The molecular formula is C15H16N4O. The predicted molar refractivity (Wildman–Crippen MR) is 73.7 cm³/mol. The highest BCUT2D eigenvalue weighted by Gasteiger charge is 2.35. The Bertz CT molecular complexity index is 571. The largest absolute Gasteiger partial charge is 0.334 e. The summed E-state index contributed by atoms with van der Waals surface area (Å²) in [4.78, 5) is 14.3. The molecule has 20 heavy (non-hydrogen) atoms. The van der Waals surface area contributed by atoms with Crippen molar-refractivity contribution in [2.75, 3.05) is 20.1 Å². The van der Waals surface area contributed by atoms with Crippen LogP contribution in [-0.4, -0.2) is 36.5 Å². The highest BCUT2D eigenvalue weighted by Crippen LogP contribution is 2.21. The number of carbonyl (C=O) groups is 1. The third kappa shape index (κ3) is 2.96. The van der Waals surface area contributed by atoms with E-state index in [1.807, 2.05) is 13.1 Å². The lowest BCUT2D eigenvalue weighted by Crippen LogP contribution is -2.53. The smallest absolute Gasteiger partial charge is 0.252 e. The molecule has 0 spiro atoms. The van der Waals surface area contributed by atoms with Gasteiger partial charge in [0.05, 0.1) is 17.7 Å². The monoisotopic (exact) mass is 268 g/mol. The Hall–Kier alpha value is -2.37. The summed E-state index contributed by atoms with van der Waals surface area (Å²) in [5.41, 5.74) is 0.200. The number of amides is 1. The molecule has 1 aliphatic rings. The summed E-state index contributed by atoms with van der Waals surface area (Å²) >= 11 is 0. The molecule has 0 aromatic heterocycles. The molecule has 0 radical (unpaired) electrons. The van der Waals surface area contributed by atoms with Crippen molar-refractivity contribution < 1.29 is 4.79 Å². The minimum absolute atomic E-state index is 0.263. The van der Waals surface area contributed by atoms with E-state index in [0.717, 1.165) is 13.1 Å². The van der Waals surface area contributed by atoms with Gasteiger partial charge in [-0.2, -0.15) is 10.5 Å². The second-order valence-electron chi connectivity index (χ2n) is 5.14. The maximum absolute atomic E-state index is 12.2. The Morgan fingerprint density at radius 3 is 2.35 bits per heavy atom. The first-order valence-electron chi connectivity index (χ1n) is 6.51. The summed E-state index contributed by atoms with van der Waals surface area (Å²) in [6.45, 7) is 1.59. The van der Waals surface area contributed by atoms with Crippen LogP contribution in [-0.2, 0) is 0 Å². The van der Waals surface area contributed by atoms with Gasteiger partial charge in [0.1, 0.15) is 5.54 Å². The van der Waals surface area contributed by atoms with Crippen molar-refractivity contribution in [3.8, 4) is 12.1 Å². The summed E-state index contributed by atoms with van der Waals surface area (Å²) in [6.07, 6.45) is 1.25. The first kappa shape index (κ1) is 14.0. The number of nitriles is 2. The van der Waals surface area contributed by atoms with Gasteiger partial charge in [-0.25, -0.2) is 0 Å². The van der Waals surface area contributed by atoms with Crippen LogP contribution in [0, 0.1) is 22.7 Å². The van der Waals surface area contributed by atoms with Crippen LogP contribution < -0.4 is 5.32 Å². The van der Waals surface area contributed by atoms with Crippen molar-refractivity contribution in [3.63, 3.8) is 0 Å². The van der Waals surface area contributed by atoms with E-state index in [2.05, 4.69) is 16.3 Å². The van der Waals surface area contributed by atoms with Gasteiger partial charge in [0.15, 0.2) is 0 Å². The fraction of sp³-hybridized carbons (Fsp3) is 0.400. The van der Waals surface area contributed by atoms with E-state index in [1.165, 1.54) is 0 Å². The molecule has 102 valence electrons. The molecule has 1 fully saturated rings. The van der Waals surface area contributed by atoms with E-state index >= 15 is 0 Å². The molecule has 1 aromatic rings. The van der Waals surface area contributed by atoms with Crippen LogP contribution in [0.1, 0.15) is 28.8 Å². The van der Waals surface area contributed by atoms with Gasteiger partial charge in [-0.1, -0.05) is 0 Å². The van der Waals surface area contributed by atoms with Crippen molar-refractivity contribution in [3.05, 3.63) is 35.4 Å². The van der Waals surface area contributed by atoms with E-state index in [1.54, 1.807) is 24.3 Å². The van der Waals surface area contributed by atoms with Crippen molar-refractivity contribution in [1.82, 2.24) is 10.2 Å². The molecule has 1 saturated heterocycles. The van der Waals surface area contributed by atoms with Gasteiger partial charge in [-0.05, 0) is 44.2 Å². The number of benzene rings is 1. The summed E-state index contributed by atoms with van der Waals surface area (Å²) in [7, 11) is 2.00. The Morgan fingerprint density at radius 2 is 1.85 bits per heavy atom. The Morgan fingerprint density at radius 1 is 1.25 bits per heavy atom. The second-order valence-corrected chi connectivity index (χ2v) is 5.14. The lowest BCUT2D eigenvalue weighted by molar-refractivity contribution is 0.0882. The van der Waals surface area contributed by atoms with Gasteiger partial charge in [-0.15, -0.1) is 0 Å². The number of hydrogen-bond donors (Lipinski definition) is 1. The summed E-state index contributed by atoms with van der Waals surface area (Å²) in [6, 6.07) is 10.7. The predicted octanol–water partition coefficient (Wildman–Crippen LogP) is 1.28. The molecule has 0 aliphatic carbocycles. The van der Waals surface area contributed by atoms with E-state index in [0.29, 0.717) is 24.0 Å². The molecule has 0 unspecified atom stereocenters. The third-order valence-corrected chi connectivity index (χ3v) is 3.68. The quantitative estimate of drug-likeness (QED) is 0.876. The minimum atomic E-state index is -0.780. The fourth-order valence-corrected chi connectivity index (χ4v) is 2.25. The van der Waals surface area contributed by atoms with Crippen LogP contribution >= 0.6 is 0 Å². The van der Waals surface area contributed by atoms with E-state index < -0.39 is 5.54 Å². The Balaban J connectivity index is 2.09. The first-order chi connectivity index (χ1) is 9.58. The van der Waals surface area contributed by atoms with Crippen molar-refractivity contribution >= 4 is 5.91 Å². The summed E-state index contributed by atoms with van der Waals surface area (Å²) in [5.74, 6) is -0.263. The van der Waals surface area contributed by atoms with Crippen molar-refractivity contribution in [1.29, 1.82) is 10.5 Å². The summed E-state index contributed by atoms with van der Waals surface area (Å²) in [5, 5.41) is 21.0. The molecule has 1 aliphatic heterocycles. The lowest BCUT2D eigenvalue weighted by Gasteiger charge is -2.36. The number of rotatable bonds is 2. The van der Waals surface area contributed by atoms with Gasteiger partial charge in [0.2, 0.25) is 0 Å². The highest BCUT2D eigenvalue weighted by molar-refractivity contribution is 5.95. The fourth-order valence-electron chi connectivity index (χ4n) is 2.25. The lowest BCUT2D eigenvalue weighted by atomic mass is 9.89. The average molecular weight is 268 g/mol. The van der Waals surface area contributed by atoms with Gasteiger partial charge in [0.25, 0.3) is 5.91 Å². The third-order valence-electron chi connectivity index (χ3n) is 3.68. The molecule has 1 aromatic carbocycles. The first-order valence-corrected chi connectivity index (χ1v) is 6.51. The molecule has 1 amide bonds. The number of carbonyl (C=O) groups excluding carboxylic acids is 1. The van der Waals surface area contributed by atoms with Crippen LogP contribution in [0.15, 0.2) is 24.3 Å². The van der Waals surface area contributed by atoms with E-state index in [9.17, 15) is 10.1 Å². The van der Waals surface area contributed by atoms with Crippen LogP contribution in [0.5, 0.6) is 0 Å². The molecule has 0 bridgehead atoms. The molecule has 1 heterocycles. The average Bonchev–Trinajstić information content (AvgIpc) is 2.50. The van der Waals surface area contributed by atoms with Crippen LogP contribution in [0.2, 0.25) is 0 Å². The van der Waals surface area contributed by atoms with Crippen LogP contribution in [0.25, 0.3) is 0 Å². The van der Waals surface area contributed by atoms with Crippen LogP contribution in [0.4, 0.5) is 0 Å². The molecule has 0 saturated carbocycles. The SMILES string of the molecule is CN1CCC(C#N)(NC(=O)c2ccc(C#N)cc2)CC1. The second kappa shape index (κ2) is 5.73. The minimum Gasteiger partial charge on any atom is -0.334 e. The normalized spacial score (nSPS) is 17.8. The number of hydrogen-bond acceptors (Lipinski definition) is 4. The highest BCUT2D eigenvalue weighted by atomic mass is 16.1. The topological polar surface area (TPSA) is 79.9 Å². The van der Waals surface area contributed by atoms with Gasteiger partial charge < -0.3 is 10.2 Å². The Kier molecular flexibility index (Phi) is 4.02. The van der Waals surface area contributed by atoms with E-state index in [-0.39, 0.29) is 5.91 Å². The van der Waals surface area contributed by atoms with Gasteiger partial charge in [-0.3, -0.25) is 4.79 Å². The molecule has 5 nitrogen and oxygen atoms in total. The van der Waals surface area contributed by atoms with Crippen molar-refractivity contribution in [2.24, 2.45) is 0 Å². The van der Waals surface area contributed by atoms with Gasteiger partial charge in [0, 0.05) is 18.7 Å². The van der Waals surface area contributed by atoms with Crippen molar-refractivity contribution in [2.45, 2.75) is 18.4 Å². The maximum Gasteiger partial charge on any atom is 0.252 e. The zero-order valence-corrected chi connectivity index (χ0v) is 11.4. The zero-order valence-electron chi connectivity index (χ0n) is 11.4. The summed E-state index contributed by atoms with van der Waals surface area (Å²) < 4.78 is 0. The Labute approximate surface area is 118 Å².